The Morgan fingerprint density at radius 1 is 0.846 bits per heavy atom. The van der Waals surface area contributed by atoms with Crippen LogP contribution >= 0.6 is 0 Å². The molecule has 0 unspecified atom stereocenters. The summed E-state index contributed by atoms with van der Waals surface area (Å²) in [6.45, 7) is 2.27. The third-order valence-corrected chi connectivity index (χ3v) is 2.81. The van der Waals surface area contributed by atoms with Gasteiger partial charge in [0.1, 0.15) is 13.1 Å². The lowest BCUT2D eigenvalue weighted by Gasteiger charge is -2.15. The van der Waals surface area contributed by atoms with Gasteiger partial charge in [-0.15, -0.1) is 0 Å². The van der Waals surface area contributed by atoms with E-state index < -0.39 is 0 Å². The van der Waals surface area contributed by atoms with Crippen molar-refractivity contribution in [3.63, 3.8) is 0 Å². The van der Waals surface area contributed by atoms with Gasteiger partial charge in [0.25, 0.3) is 0 Å². The van der Waals surface area contributed by atoms with Crippen LogP contribution in [-0.2, 0) is 13.1 Å². The van der Waals surface area contributed by atoms with Crippen molar-refractivity contribution in [2.75, 3.05) is 0 Å². The summed E-state index contributed by atoms with van der Waals surface area (Å²) in [6.07, 6.45) is 0. The Labute approximate surface area is 77.4 Å². The predicted molar refractivity (Wildman–Crippen MR) is 53.3 cm³/mol. The highest BCUT2D eigenvalue weighted by Crippen LogP contribution is 2.23. The average molecular weight is 170 g/mol. The fourth-order valence-corrected chi connectivity index (χ4v) is 2.23. The summed E-state index contributed by atoms with van der Waals surface area (Å²) in [5, 5.41) is 5.24. The van der Waals surface area contributed by atoms with Crippen LogP contribution in [0.1, 0.15) is 11.1 Å². The molecule has 0 atom stereocenters. The normalized spacial score (nSPS) is 14.8. The zero-order valence-electron chi connectivity index (χ0n) is 7.46. The first kappa shape index (κ1) is 7.10. The van der Waals surface area contributed by atoms with Crippen molar-refractivity contribution < 1.29 is 5.32 Å². The van der Waals surface area contributed by atoms with Crippen LogP contribution < -0.4 is 5.32 Å². The Kier molecular flexibility index (Phi) is 1.41. The zero-order chi connectivity index (χ0) is 8.67. The monoisotopic (exact) mass is 170 g/mol. The molecule has 0 saturated heterocycles. The third-order valence-electron chi connectivity index (χ3n) is 2.81. The van der Waals surface area contributed by atoms with E-state index >= 15 is 0 Å². The molecule has 0 amide bonds. The Morgan fingerprint density at radius 3 is 2.08 bits per heavy atom. The van der Waals surface area contributed by atoms with Gasteiger partial charge in [-0.05, 0) is 10.8 Å². The van der Waals surface area contributed by atoms with E-state index in [1.807, 2.05) is 0 Å². The molecule has 13 heavy (non-hydrogen) atoms. The van der Waals surface area contributed by atoms with Crippen molar-refractivity contribution >= 4 is 10.8 Å². The highest BCUT2D eigenvalue weighted by Gasteiger charge is 2.12. The fourth-order valence-electron chi connectivity index (χ4n) is 2.23. The van der Waals surface area contributed by atoms with E-state index in [1.165, 1.54) is 21.9 Å². The van der Waals surface area contributed by atoms with Crippen molar-refractivity contribution in [2.45, 2.75) is 13.1 Å². The van der Waals surface area contributed by atoms with Gasteiger partial charge in [-0.1, -0.05) is 36.4 Å². The van der Waals surface area contributed by atoms with Crippen LogP contribution in [0.3, 0.4) is 0 Å². The molecule has 2 N–H and O–H groups in total. The first-order chi connectivity index (χ1) is 6.45. The smallest absolute Gasteiger partial charge is 0.102 e. The highest BCUT2D eigenvalue weighted by molar-refractivity contribution is 5.88. The van der Waals surface area contributed by atoms with Gasteiger partial charge in [0.15, 0.2) is 0 Å². The standard InChI is InChI=1S/C12H11N/c1-3-9-4-2-6-11-8-13-7-10(5-1)12(9)11/h1-6,13H,7-8H2/p+1. The molecular weight excluding hydrogens is 158 g/mol. The second-order valence-electron chi connectivity index (χ2n) is 3.63. The molecule has 1 heteroatoms. The Hall–Kier alpha value is -1.34. The molecule has 0 saturated carbocycles. The van der Waals surface area contributed by atoms with Gasteiger partial charge in [0, 0.05) is 11.1 Å². The summed E-state index contributed by atoms with van der Waals surface area (Å²) >= 11 is 0. The van der Waals surface area contributed by atoms with Crippen LogP contribution in [0.25, 0.3) is 10.8 Å². The first-order valence-corrected chi connectivity index (χ1v) is 4.76. The Balaban J connectivity index is 2.49. The lowest BCUT2D eigenvalue weighted by Crippen LogP contribution is -2.81. The number of rotatable bonds is 0. The van der Waals surface area contributed by atoms with Crippen LogP contribution in [0.4, 0.5) is 0 Å². The number of nitrogens with two attached hydrogens (primary N) is 1. The van der Waals surface area contributed by atoms with E-state index in [0.29, 0.717) is 0 Å². The van der Waals surface area contributed by atoms with E-state index in [9.17, 15) is 0 Å². The quantitative estimate of drug-likeness (QED) is 0.615. The SMILES string of the molecule is c1cc2c3c(cccc3c1)C[NH2+]C2. The maximum atomic E-state index is 2.36. The Morgan fingerprint density at radius 2 is 1.46 bits per heavy atom. The maximum Gasteiger partial charge on any atom is 0.102 e. The number of benzene rings is 2. The second-order valence-corrected chi connectivity index (χ2v) is 3.63. The molecule has 0 fully saturated rings. The molecule has 1 aliphatic heterocycles. The van der Waals surface area contributed by atoms with Gasteiger partial charge in [0.05, 0.1) is 0 Å². The molecule has 0 aromatic heterocycles. The van der Waals surface area contributed by atoms with E-state index in [2.05, 4.69) is 41.7 Å². The van der Waals surface area contributed by atoms with E-state index in [1.54, 1.807) is 0 Å². The van der Waals surface area contributed by atoms with Crippen LogP contribution in [0.15, 0.2) is 36.4 Å². The average Bonchev–Trinajstić information content (AvgIpc) is 2.19. The van der Waals surface area contributed by atoms with Gasteiger partial charge < -0.3 is 5.32 Å². The molecule has 2 aromatic carbocycles. The minimum atomic E-state index is 1.13. The molecule has 0 spiro atoms. The number of hydrogen-bond donors (Lipinski definition) is 1. The van der Waals surface area contributed by atoms with E-state index in [4.69, 9.17) is 0 Å². The predicted octanol–water partition coefficient (Wildman–Crippen LogP) is 1.42. The molecule has 1 aliphatic rings. The van der Waals surface area contributed by atoms with E-state index in [0.717, 1.165) is 13.1 Å². The molecule has 0 bridgehead atoms. The molecule has 1 heterocycles. The van der Waals surface area contributed by atoms with Gasteiger partial charge in [0.2, 0.25) is 0 Å². The third kappa shape index (κ3) is 0.973. The topological polar surface area (TPSA) is 16.6 Å². The zero-order valence-corrected chi connectivity index (χ0v) is 7.46. The molecule has 2 aromatic rings. The molecular formula is C12H12N+. The van der Waals surface area contributed by atoms with Gasteiger partial charge in [-0.25, -0.2) is 0 Å². The van der Waals surface area contributed by atoms with Gasteiger partial charge in [-0.3, -0.25) is 0 Å². The van der Waals surface area contributed by atoms with Gasteiger partial charge >= 0.3 is 0 Å². The lowest BCUT2D eigenvalue weighted by molar-refractivity contribution is -0.687. The molecule has 3 rings (SSSR count). The van der Waals surface area contributed by atoms with Crippen molar-refractivity contribution in [3.8, 4) is 0 Å². The summed E-state index contributed by atoms with van der Waals surface area (Å²) in [5.74, 6) is 0. The van der Waals surface area contributed by atoms with Crippen molar-refractivity contribution in [1.29, 1.82) is 0 Å². The van der Waals surface area contributed by atoms with Crippen LogP contribution in [-0.4, -0.2) is 0 Å². The summed E-state index contributed by atoms with van der Waals surface area (Å²) < 4.78 is 0. The van der Waals surface area contributed by atoms with Crippen LogP contribution in [0.2, 0.25) is 0 Å². The minimum Gasteiger partial charge on any atom is -0.339 e. The largest absolute Gasteiger partial charge is 0.339 e. The summed E-state index contributed by atoms with van der Waals surface area (Å²) in [7, 11) is 0. The van der Waals surface area contributed by atoms with E-state index in [-0.39, 0.29) is 0 Å². The molecule has 1 nitrogen and oxygen atoms in total. The lowest BCUT2D eigenvalue weighted by atomic mass is 9.96. The van der Waals surface area contributed by atoms with Crippen LogP contribution in [0.5, 0.6) is 0 Å². The first-order valence-electron chi connectivity index (χ1n) is 4.76. The maximum absolute atomic E-state index is 2.36. The number of hydrogen-bond acceptors (Lipinski definition) is 0. The summed E-state index contributed by atoms with van der Waals surface area (Å²) in [6, 6.07) is 13.2. The molecule has 64 valence electrons. The van der Waals surface area contributed by atoms with Crippen molar-refractivity contribution in [1.82, 2.24) is 0 Å². The number of quaternary nitrogens is 1. The van der Waals surface area contributed by atoms with Crippen LogP contribution in [0, 0.1) is 0 Å². The summed E-state index contributed by atoms with van der Waals surface area (Å²) in [4.78, 5) is 0. The summed E-state index contributed by atoms with van der Waals surface area (Å²) in [5.41, 5.74) is 2.97. The second kappa shape index (κ2) is 2.57. The molecule has 0 radical (unpaired) electrons. The minimum absolute atomic E-state index is 1.13. The Bertz CT molecular complexity index is 421. The van der Waals surface area contributed by atoms with Gasteiger partial charge in [-0.2, -0.15) is 0 Å². The van der Waals surface area contributed by atoms with Crippen molar-refractivity contribution in [3.05, 3.63) is 47.5 Å². The molecule has 0 aliphatic carbocycles. The fraction of sp³-hybridized carbons (Fsp3) is 0.167. The highest BCUT2D eigenvalue weighted by atomic mass is 14.9. The van der Waals surface area contributed by atoms with Crippen molar-refractivity contribution in [2.24, 2.45) is 0 Å².